The van der Waals surface area contributed by atoms with Crippen LogP contribution in [0.3, 0.4) is 0 Å². The topological polar surface area (TPSA) is 72.3 Å². The molecule has 0 bridgehead atoms. The standard InChI is InChI=1S/C24H27N3O2/c1-17-24(22-4-2-3-5-23(22)26-17)19-10-12-27(13-11-19)15-20(28)16-29-21-8-6-18(14-25)7-9-21/h2-9,19-20,26,28H,10-13,15-16H2,1H3. The molecule has 1 unspecified atom stereocenters. The molecule has 1 atom stereocenters. The number of para-hydroxylation sites is 1. The van der Waals surface area contributed by atoms with Crippen molar-refractivity contribution in [3.63, 3.8) is 0 Å². The second-order valence-corrected chi connectivity index (χ2v) is 7.89. The molecular formula is C24H27N3O2. The van der Waals surface area contributed by atoms with Gasteiger partial charge in [0.2, 0.25) is 0 Å². The van der Waals surface area contributed by atoms with Gasteiger partial charge < -0.3 is 19.7 Å². The number of nitrogens with one attached hydrogen (secondary N) is 1. The summed E-state index contributed by atoms with van der Waals surface area (Å²) < 4.78 is 5.66. The second-order valence-electron chi connectivity index (χ2n) is 7.89. The van der Waals surface area contributed by atoms with E-state index in [0.29, 0.717) is 23.8 Å². The molecule has 1 fully saturated rings. The van der Waals surface area contributed by atoms with Gasteiger partial charge >= 0.3 is 0 Å². The van der Waals surface area contributed by atoms with Crippen molar-refractivity contribution in [2.45, 2.75) is 31.8 Å². The third-order valence-electron chi connectivity index (χ3n) is 5.83. The molecule has 0 aliphatic carbocycles. The monoisotopic (exact) mass is 389 g/mol. The number of nitriles is 1. The van der Waals surface area contributed by atoms with Gasteiger partial charge in [-0.25, -0.2) is 0 Å². The van der Waals surface area contributed by atoms with Crippen molar-refractivity contribution in [3.8, 4) is 11.8 Å². The fourth-order valence-corrected chi connectivity index (χ4v) is 4.40. The van der Waals surface area contributed by atoms with Gasteiger partial charge in [-0.05, 0) is 74.7 Å². The van der Waals surface area contributed by atoms with E-state index in [1.807, 2.05) is 0 Å². The molecule has 2 heterocycles. The molecule has 29 heavy (non-hydrogen) atoms. The number of aliphatic hydroxyl groups is 1. The number of aliphatic hydroxyl groups excluding tert-OH is 1. The average molecular weight is 389 g/mol. The molecule has 1 saturated heterocycles. The number of piperidine rings is 1. The summed E-state index contributed by atoms with van der Waals surface area (Å²) >= 11 is 0. The zero-order valence-corrected chi connectivity index (χ0v) is 16.8. The smallest absolute Gasteiger partial charge is 0.119 e. The van der Waals surface area contributed by atoms with E-state index in [-0.39, 0.29) is 6.61 Å². The van der Waals surface area contributed by atoms with Crippen LogP contribution in [0.5, 0.6) is 5.75 Å². The Morgan fingerprint density at radius 2 is 1.90 bits per heavy atom. The number of fused-ring (bicyclic) bond motifs is 1. The lowest BCUT2D eigenvalue weighted by Gasteiger charge is -2.33. The summed E-state index contributed by atoms with van der Waals surface area (Å²) in [7, 11) is 0. The number of hydrogen-bond donors (Lipinski definition) is 2. The predicted molar refractivity (Wildman–Crippen MR) is 114 cm³/mol. The van der Waals surface area contributed by atoms with Gasteiger partial charge in [-0.3, -0.25) is 0 Å². The number of ether oxygens (including phenoxy) is 1. The summed E-state index contributed by atoms with van der Waals surface area (Å²) in [6.07, 6.45) is 1.68. The van der Waals surface area contributed by atoms with E-state index in [2.05, 4.69) is 47.1 Å². The van der Waals surface area contributed by atoms with Crippen LogP contribution < -0.4 is 4.74 Å². The molecule has 0 saturated carbocycles. The van der Waals surface area contributed by atoms with Crippen LogP contribution in [0.15, 0.2) is 48.5 Å². The Hall–Kier alpha value is -2.81. The van der Waals surface area contributed by atoms with Crippen molar-refractivity contribution in [3.05, 3.63) is 65.4 Å². The van der Waals surface area contributed by atoms with E-state index in [0.717, 1.165) is 25.9 Å². The largest absolute Gasteiger partial charge is 0.491 e. The summed E-state index contributed by atoms with van der Waals surface area (Å²) in [5.41, 5.74) is 4.56. The highest BCUT2D eigenvalue weighted by Gasteiger charge is 2.25. The van der Waals surface area contributed by atoms with E-state index >= 15 is 0 Å². The SMILES string of the molecule is Cc1[nH]c2ccccc2c1C1CCN(CC(O)COc2ccc(C#N)cc2)CC1. The summed E-state index contributed by atoms with van der Waals surface area (Å²) in [6, 6.07) is 17.6. The normalized spacial score (nSPS) is 16.6. The molecule has 5 heteroatoms. The first kappa shape index (κ1) is 19.5. The Labute approximate surface area is 171 Å². The van der Waals surface area contributed by atoms with E-state index in [4.69, 9.17) is 10.00 Å². The van der Waals surface area contributed by atoms with Crippen molar-refractivity contribution in [2.24, 2.45) is 0 Å². The minimum atomic E-state index is -0.531. The molecular weight excluding hydrogens is 362 g/mol. The highest BCUT2D eigenvalue weighted by atomic mass is 16.5. The molecule has 1 aromatic heterocycles. The van der Waals surface area contributed by atoms with E-state index in [1.54, 1.807) is 24.3 Å². The van der Waals surface area contributed by atoms with Crippen molar-refractivity contribution in [1.82, 2.24) is 9.88 Å². The van der Waals surface area contributed by atoms with Gasteiger partial charge in [0.1, 0.15) is 18.5 Å². The van der Waals surface area contributed by atoms with Gasteiger partial charge in [-0.15, -0.1) is 0 Å². The third-order valence-corrected chi connectivity index (χ3v) is 5.83. The fourth-order valence-electron chi connectivity index (χ4n) is 4.40. The Morgan fingerprint density at radius 3 is 2.62 bits per heavy atom. The van der Waals surface area contributed by atoms with Crippen molar-refractivity contribution in [1.29, 1.82) is 5.26 Å². The maximum atomic E-state index is 10.4. The van der Waals surface area contributed by atoms with Crippen LogP contribution in [0.25, 0.3) is 10.9 Å². The Balaban J connectivity index is 1.28. The Bertz CT molecular complexity index is 995. The first-order valence-electron chi connectivity index (χ1n) is 10.2. The first-order valence-corrected chi connectivity index (χ1v) is 10.2. The second kappa shape index (κ2) is 8.69. The number of nitrogens with zero attached hydrogens (tertiary/aromatic N) is 2. The number of aromatic amines is 1. The summed E-state index contributed by atoms with van der Waals surface area (Å²) in [6.45, 7) is 5.02. The maximum Gasteiger partial charge on any atom is 0.119 e. The summed E-state index contributed by atoms with van der Waals surface area (Å²) in [5.74, 6) is 1.24. The molecule has 1 aliphatic heterocycles. The first-order chi connectivity index (χ1) is 14.1. The quantitative estimate of drug-likeness (QED) is 0.669. The van der Waals surface area contributed by atoms with Crippen molar-refractivity contribution < 1.29 is 9.84 Å². The fraction of sp³-hybridized carbons (Fsp3) is 0.375. The number of H-pyrrole nitrogens is 1. The number of benzene rings is 2. The molecule has 5 nitrogen and oxygen atoms in total. The lowest BCUT2D eigenvalue weighted by molar-refractivity contribution is 0.0594. The van der Waals surface area contributed by atoms with E-state index < -0.39 is 6.10 Å². The number of likely N-dealkylation sites (tertiary alicyclic amines) is 1. The van der Waals surface area contributed by atoms with E-state index in [1.165, 1.54) is 22.2 Å². The molecule has 3 aromatic rings. The van der Waals surface area contributed by atoms with Crippen LogP contribution in [-0.2, 0) is 0 Å². The number of β-amino-alcohol motifs (C(OH)–C–C–N with tert-alkyl or cyclic N) is 1. The number of aromatic nitrogens is 1. The zero-order valence-electron chi connectivity index (χ0n) is 16.8. The van der Waals surface area contributed by atoms with Crippen LogP contribution in [0.1, 0.15) is 35.6 Å². The average Bonchev–Trinajstić information content (AvgIpc) is 3.09. The van der Waals surface area contributed by atoms with Crippen LogP contribution in [0.4, 0.5) is 0 Å². The highest BCUT2D eigenvalue weighted by molar-refractivity contribution is 5.85. The zero-order chi connectivity index (χ0) is 20.2. The molecule has 1 aliphatic rings. The minimum absolute atomic E-state index is 0.257. The number of aryl methyl sites for hydroxylation is 1. The van der Waals surface area contributed by atoms with Gasteiger partial charge in [-0.1, -0.05) is 18.2 Å². The third kappa shape index (κ3) is 4.45. The number of rotatable bonds is 6. The van der Waals surface area contributed by atoms with Gasteiger partial charge in [0.15, 0.2) is 0 Å². The summed E-state index contributed by atoms with van der Waals surface area (Å²) in [5, 5.41) is 20.6. The van der Waals surface area contributed by atoms with Crippen LogP contribution >= 0.6 is 0 Å². The molecule has 0 spiro atoms. The minimum Gasteiger partial charge on any atom is -0.491 e. The summed E-state index contributed by atoms with van der Waals surface area (Å²) in [4.78, 5) is 5.85. The molecule has 2 N–H and O–H groups in total. The predicted octanol–water partition coefficient (Wildman–Crippen LogP) is 3.97. The van der Waals surface area contributed by atoms with Crippen molar-refractivity contribution in [2.75, 3.05) is 26.2 Å². The van der Waals surface area contributed by atoms with E-state index in [9.17, 15) is 5.11 Å². The molecule has 0 radical (unpaired) electrons. The lowest BCUT2D eigenvalue weighted by Crippen LogP contribution is -2.40. The Kier molecular flexibility index (Phi) is 5.84. The highest BCUT2D eigenvalue weighted by Crippen LogP contribution is 2.35. The van der Waals surface area contributed by atoms with Gasteiger partial charge in [0, 0.05) is 23.1 Å². The van der Waals surface area contributed by atoms with Crippen LogP contribution in [0, 0.1) is 18.3 Å². The van der Waals surface area contributed by atoms with Gasteiger partial charge in [-0.2, -0.15) is 5.26 Å². The van der Waals surface area contributed by atoms with Gasteiger partial charge in [0.25, 0.3) is 0 Å². The number of hydrogen-bond acceptors (Lipinski definition) is 4. The molecule has 150 valence electrons. The molecule has 4 rings (SSSR count). The lowest BCUT2D eigenvalue weighted by atomic mass is 9.87. The van der Waals surface area contributed by atoms with Crippen LogP contribution in [0.2, 0.25) is 0 Å². The van der Waals surface area contributed by atoms with Crippen LogP contribution in [-0.4, -0.2) is 47.3 Å². The van der Waals surface area contributed by atoms with Crippen molar-refractivity contribution >= 4 is 10.9 Å². The molecule has 2 aromatic carbocycles. The van der Waals surface area contributed by atoms with Gasteiger partial charge in [0.05, 0.1) is 11.6 Å². The maximum absolute atomic E-state index is 10.4. The molecule has 0 amide bonds. The Morgan fingerprint density at radius 1 is 1.17 bits per heavy atom.